The first-order valence-corrected chi connectivity index (χ1v) is 11.4. The van der Waals surface area contributed by atoms with Gasteiger partial charge < -0.3 is 19.3 Å². The van der Waals surface area contributed by atoms with Crippen molar-refractivity contribution in [3.05, 3.63) is 53.2 Å². The maximum absolute atomic E-state index is 12.5. The highest BCUT2D eigenvalue weighted by molar-refractivity contribution is 5.92. The minimum Gasteiger partial charge on any atom is -0.472 e. The van der Waals surface area contributed by atoms with Crippen LogP contribution < -0.4 is 10.1 Å². The molecule has 1 aliphatic rings. The number of rotatable bonds is 9. The summed E-state index contributed by atoms with van der Waals surface area (Å²) in [5.74, 6) is 0.538. The van der Waals surface area contributed by atoms with E-state index in [1.165, 1.54) is 0 Å². The standard InChI is InChI=1S/C24H27F2N5O4/c1-14-3-4-16(11-27-14)23-19(15(2)35-31-23)12-34-22-10-9-20(29-30-22)24(32)28-17-5-7-18(8-6-17)33-13-21(25)26/h3-4,9-11,17-18,21H,5-8,12-13H2,1-2H3,(H,28,32). The molecule has 11 heteroatoms. The van der Waals surface area contributed by atoms with Crippen molar-refractivity contribution in [2.24, 2.45) is 0 Å². The van der Waals surface area contributed by atoms with Gasteiger partial charge in [-0.2, -0.15) is 0 Å². The Labute approximate surface area is 201 Å². The van der Waals surface area contributed by atoms with Crippen LogP contribution in [-0.4, -0.2) is 51.4 Å². The fraction of sp³-hybridized carbons (Fsp3) is 0.458. The lowest BCUT2D eigenvalue weighted by atomic mass is 9.93. The van der Waals surface area contributed by atoms with E-state index in [-0.39, 0.29) is 36.2 Å². The van der Waals surface area contributed by atoms with Crippen molar-refractivity contribution < 1.29 is 27.6 Å². The van der Waals surface area contributed by atoms with Gasteiger partial charge in [0.25, 0.3) is 12.3 Å². The summed E-state index contributed by atoms with van der Waals surface area (Å²) in [6.45, 7) is 3.32. The largest absolute Gasteiger partial charge is 0.472 e. The minimum absolute atomic E-state index is 0.0575. The lowest BCUT2D eigenvalue weighted by Gasteiger charge is -2.28. The number of hydrogen-bond donors (Lipinski definition) is 1. The highest BCUT2D eigenvalue weighted by Gasteiger charge is 2.24. The molecule has 0 radical (unpaired) electrons. The Kier molecular flexibility index (Phi) is 7.96. The van der Waals surface area contributed by atoms with E-state index in [0.29, 0.717) is 37.1 Å². The lowest BCUT2D eigenvalue weighted by Crippen LogP contribution is -2.39. The molecule has 1 fully saturated rings. The number of amides is 1. The molecular formula is C24H27F2N5O4. The van der Waals surface area contributed by atoms with Gasteiger partial charge >= 0.3 is 0 Å². The summed E-state index contributed by atoms with van der Waals surface area (Å²) in [5, 5.41) is 15.0. The number of aromatic nitrogens is 4. The van der Waals surface area contributed by atoms with Crippen molar-refractivity contribution in [3.63, 3.8) is 0 Å². The van der Waals surface area contributed by atoms with Crippen LogP contribution in [0.4, 0.5) is 8.78 Å². The molecule has 0 spiro atoms. The van der Waals surface area contributed by atoms with Crippen LogP contribution in [0.1, 0.15) is 53.2 Å². The Morgan fingerprint density at radius 3 is 2.60 bits per heavy atom. The smallest absolute Gasteiger partial charge is 0.272 e. The summed E-state index contributed by atoms with van der Waals surface area (Å²) < 4.78 is 40.8. The number of nitrogens with zero attached hydrogens (tertiary/aromatic N) is 4. The molecule has 0 aromatic carbocycles. The monoisotopic (exact) mass is 487 g/mol. The third kappa shape index (κ3) is 6.56. The number of halogens is 2. The second kappa shape index (κ2) is 11.3. The number of nitrogens with one attached hydrogen (secondary N) is 1. The van der Waals surface area contributed by atoms with Crippen molar-refractivity contribution in [2.75, 3.05) is 6.61 Å². The van der Waals surface area contributed by atoms with Crippen LogP contribution in [0.25, 0.3) is 11.3 Å². The first-order chi connectivity index (χ1) is 16.9. The lowest BCUT2D eigenvalue weighted by molar-refractivity contribution is -0.0390. The normalized spacial score (nSPS) is 18.0. The number of pyridine rings is 1. The van der Waals surface area contributed by atoms with E-state index in [0.717, 1.165) is 16.8 Å². The second-order valence-electron chi connectivity index (χ2n) is 8.47. The minimum atomic E-state index is -2.47. The maximum Gasteiger partial charge on any atom is 0.272 e. The van der Waals surface area contributed by atoms with Crippen molar-refractivity contribution >= 4 is 5.91 Å². The first-order valence-electron chi connectivity index (χ1n) is 11.4. The van der Waals surface area contributed by atoms with E-state index in [1.807, 2.05) is 19.1 Å². The van der Waals surface area contributed by atoms with E-state index >= 15 is 0 Å². The molecular weight excluding hydrogens is 460 g/mol. The van der Waals surface area contributed by atoms with E-state index in [1.54, 1.807) is 25.3 Å². The quantitative estimate of drug-likeness (QED) is 0.481. The van der Waals surface area contributed by atoms with Gasteiger partial charge in [0.15, 0.2) is 5.69 Å². The highest BCUT2D eigenvalue weighted by Crippen LogP contribution is 2.26. The molecule has 0 bridgehead atoms. The van der Waals surface area contributed by atoms with Crippen LogP contribution in [0, 0.1) is 13.8 Å². The zero-order chi connectivity index (χ0) is 24.8. The molecule has 3 aromatic rings. The molecule has 3 aromatic heterocycles. The van der Waals surface area contributed by atoms with E-state index in [4.69, 9.17) is 14.0 Å². The SMILES string of the molecule is Cc1ccc(-c2noc(C)c2COc2ccc(C(=O)NC3CCC(OCC(F)F)CC3)nn2)cn1. The summed E-state index contributed by atoms with van der Waals surface area (Å²) in [4.78, 5) is 16.8. The van der Waals surface area contributed by atoms with Crippen LogP contribution in [-0.2, 0) is 11.3 Å². The van der Waals surface area contributed by atoms with Gasteiger partial charge in [-0.15, -0.1) is 10.2 Å². The molecule has 0 atom stereocenters. The zero-order valence-corrected chi connectivity index (χ0v) is 19.5. The fourth-order valence-corrected chi connectivity index (χ4v) is 3.90. The van der Waals surface area contributed by atoms with E-state index in [9.17, 15) is 13.6 Å². The average Bonchev–Trinajstić information content (AvgIpc) is 3.23. The summed E-state index contributed by atoms with van der Waals surface area (Å²) in [7, 11) is 0. The zero-order valence-electron chi connectivity index (χ0n) is 19.5. The number of ether oxygens (including phenoxy) is 2. The van der Waals surface area contributed by atoms with Gasteiger partial charge in [0, 0.05) is 29.6 Å². The first kappa shape index (κ1) is 24.6. The topological polar surface area (TPSA) is 112 Å². The van der Waals surface area contributed by atoms with Gasteiger partial charge in [0.05, 0.1) is 11.7 Å². The van der Waals surface area contributed by atoms with Crippen LogP contribution in [0.3, 0.4) is 0 Å². The Hall–Kier alpha value is -3.47. The van der Waals surface area contributed by atoms with Crippen LogP contribution in [0.15, 0.2) is 35.0 Å². The second-order valence-corrected chi connectivity index (χ2v) is 8.47. The molecule has 1 N–H and O–H groups in total. The summed E-state index contributed by atoms with van der Waals surface area (Å²) in [5.41, 5.74) is 3.30. The van der Waals surface area contributed by atoms with Gasteiger partial charge in [-0.3, -0.25) is 9.78 Å². The van der Waals surface area contributed by atoms with Crippen LogP contribution >= 0.6 is 0 Å². The van der Waals surface area contributed by atoms with Crippen molar-refractivity contribution in [3.8, 4) is 17.1 Å². The number of alkyl halides is 2. The molecule has 1 aliphatic carbocycles. The number of carbonyl (C=O) groups excluding carboxylic acids is 1. The predicted octanol–water partition coefficient (Wildman–Crippen LogP) is 4.05. The Morgan fingerprint density at radius 1 is 1.14 bits per heavy atom. The molecule has 9 nitrogen and oxygen atoms in total. The van der Waals surface area contributed by atoms with Gasteiger partial charge in [0.2, 0.25) is 5.88 Å². The molecule has 1 saturated carbocycles. The van der Waals surface area contributed by atoms with Gasteiger partial charge in [-0.25, -0.2) is 8.78 Å². The molecule has 0 saturated heterocycles. The Morgan fingerprint density at radius 2 is 1.94 bits per heavy atom. The molecule has 186 valence electrons. The van der Waals surface area contributed by atoms with Gasteiger partial charge in [-0.05, 0) is 57.7 Å². The average molecular weight is 488 g/mol. The Balaban J connectivity index is 1.29. The maximum atomic E-state index is 12.5. The molecule has 0 unspecified atom stereocenters. The fourth-order valence-electron chi connectivity index (χ4n) is 3.90. The third-order valence-electron chi connectivity index (χ3n) is 5.87. The van der Waals surface area contributed by atoms with Crippen LogP contribution in [0.5, 0.6) is 5.88 Å². The predicted molar refractivity (Wildman–Crippen MR) is 121 cm³/mol. The highest BCUT2D eigenvalue weighted by atomic mass is 19.3. The van der Waals surface area contributed by atoms with Crippen LogP contribution in [0.2, 0.25) is 0 Å². The third-order valence-corrected chi connectivity index (χ3v) is 5.87. The summed E-state index contributed by atoms with van der Waals surface area (Å²) in [6.07, 6.45) is 1.64. The number of carbonyl (C=O) groups is 1. The molecule has 35 heavy (non-hydrogen) atoms. The van der Waals surface area contributed by atoms with Gasteiger partial charge in [0.1, 0.15) is 24.7 Å². The molecule has 0 aliphatic heterocycles. The van der Waals surface area contributed by atoms with Gasteiger partial charge in [-0.1, -0.05) is 5.16 Å². The van der Waals surface area contributed by atoms with Crippen molar-refractivity contribution in [2.45, 2.75) is 64.7 Å². The molecule has 1 amide bonds. The molecule has 4 rings (SSSR count). The number of aryl methyl sites for hydroxylation is 2. The Bertz CT molecular complexity index is 1110. The number of hydrogen-bond acceptors (Lipinski definition) is 8. The van der Waals surface area contributed by atoms with E-state index in [2.05, 4.69) is 25.7 Å². The molecule has 3 heterocycles. The van der Waals surface area contributed by atoms with Crippen molar-refractivity contribution in [1.29, 1.82) is 0 Å². The van der Waals surface area contributed by atoms with E-state index < -0.39 is 13.0 Å². The summed E-state index contributed by atoms with van der Waals surface area (Å²) in [6, 6.07) is 6.87. The summed E-state index contributed by atoms with van der Waals surface area (Å²) >= 11 is 0. The van der Waals surface area contributed by atoms with Crippen molar-refractivity contribution in [1.82, 2.24) is 25.7 Å².